The van der Waals surface area contributed by atoms with Crippen molar-refractivity contribution in [2.24, 2.45) is 0 Å². The van der Waals surface area contributed by atoms with Gasteiger partial charge in [0.25, 0.3) is 0 Å². The molecule has 5 heteroatoms. The molecule has 0 aromatic carbocycles. The Labute approximate surface area is 103 Å². The fourth-order valence-corrected chi connectivity index (χ4v) is 2.13. The maximum Gasteiger partial charge on any atom is 0.354 e. The van der Waals surface area contributed by atoms with Crippen LogP contribution in [0.4, 0.5) is 5.82 Å². The molecule has 2 aromatic heterocycles. The molecule has 0 aliphatic carbocycles. The van der Waals surface area contributed by atoms with Crippen LogP contribution < -0.4 is 5.32 Å². The van der Waals surface area contributed by atoms with Gasteiger partial charge in [-0.25, -0.2) is 9.78 Å². The van der Waals surface area contributed by atoms with E-state index >= 15 is 0 Å². The number of thiophene rings is 1. The summed E-state index contributed by atoms with van der Waals surface area (Å²) >= 11 is 1.71. The maximum atomic E-state index is 10.7. The average Bonchev–Trinajstić information content (AvgIpc) is 2.82. The lowest BCUT2D eigenvalue weighted by atomic mass is 10.3. The number of hydrogen-bond donors (Lipinski definition) is 2. The summed E-state index contributed by atoms with van der Waals surface area (Å²) in [7, 11) is 0. The van der Waals surface area contributed by atoms with E-state index in [0.717, 1.165) is 13.0 Å². The second-order valence-corrected chi connectivity index (χ2v) is 4.50. The SMILES string of the molecule is O=C(O)c1cccc(NCCc2cccs2)n1. The van der Waals surface area contributed by atoms with Gasteiger partial charge < -0.3 is 10.4 Å². The zero-order chi connectivity index (χ0) is 12.1. The minimum atomic E-state index is -1.01. The number of carboxylic acid groups (broad SMARTS) is 1. The van der Waals surface area contributed by atoms with Crippen LogP contribution >= 0.6 is 11.3 Å². The van der Waals surface area contributed by atoms with Crippen LogP contribution in [0.5, 0.6) is 0 Å². The smallest absolute Gasteiger partial charge is 0.354 e. The van der Waals surface area contributed by atoms with Crippen molar-refractivity contribution < 1.29 is 9.90 Å². The first-order chi connectivity index (χ1) is 8.25. The summed E-state index contributed by atoms with van der Waals surface area (Å²) < 4.78 is 0. The minimum absolute atomic E-state index is 0.0612. The molecule has 0 atom stereocenters. The van der Waals surface area contributed by atoms with Crippen LogP contribution in [0.1, 0.15) is 15.4 Å². The standard InChI is InChI=1S/C12H12N2O2S/c15-12(16)10-4-1-5-11(14-10)13-7-6-9-3-2-8-17-9/h1-5,8H,6-7H2,(H,13,14)(H,15,16). The molecule has 0 saturated heterocycles. The highest BCUT2D eigenvalue weighted by Gasteiger charge is 2.04. The molecule has 88 valence electrons. The summed E-state index contributed by atoms with van der Waals surface area (Å²) in [4.78, 5) is 16.0. The van der Waals surface area contributed by atoms with Gasteiger partial charge in [0.1, 0.15) is 5.82 Å². The fourth-order valence-electron chi connectivity index (χ4n) is 1.42. The Bertz CT molecular complexity index is 497. The van der Waals surface area contributed by atoms with Gasteiger partial charge in [-0.2, -0.15) is 0 Å². The Morgan fingerprint density at radius 2 is 2.24 bits per heavy atom. The van der Waals surface area contributed by atoms with Crippen molar-refractivity contribution in [1.29, 1.82) is 0 Å². The van der Waals surface area contributed by atoms with Crippen molar-refractivity contribution >= 4 is 23.1 Å². The second-order valence-electron chi connectivity index (χ2n) is 3.47. The van der Waals surface area contributed by atoms with E-state index in [-0.39, 0.29) is 5.69 Å². The maximum absolute atomic E-state index is 10.7. The predicted molar refractivity (Wildman–Crippen MR) is 67.7 cm³/mol. The number of aromatic carboxylic acids is 1. The van der Waals surface area contributed by atoms with Crippen molar-refractivity contribution in [3.63, 3.8) is 0 Å². The first kappa shape index (κ1) is 11.6. The second kappa shape index (κ2) is 5.45. The lowest BCUT2D eigenvalue weighted by molar-refractivity contribution is 0.0690. The van der Waals surface area contributed by atoms with Crippen LogP contribution in [0.25, 0.3) is 0 Å². The Morgan fingerprint density at radius 1 is 1.35 bits per heavy atom. The van der Waals surface area contributed by atoms with Crippen LogP contribution in [-0.4, -0.2) is 22.6 Å². The largest absolute Gasteiger partial charge is 0.477 e. The summed E-state index contributed by atoms with van der Waals surface area (Å²) in [6.45, 7) is 0.747. The Morgan fingerprint density at radius 3 is 2.94 bits per heavy atom. The first-order valence-corrected chi connectivity index (χ1v) is 6.10. The van der Waals surface area contributed by atoms with Crippen molar-refractivity contribution in [2.45, 2.75) is 6.42 Å². The molecule has 0 saturated carbocycles. The highest BCUT2D eigenvalue weighted by atomic mass is 32.1. The van der Waals surface area contributed by atoms with E-state index in [9.17, 15) is 4.79 Å². The highest BCUT2D eigenvalue weighted by molar-refractivity contribution is 7.09. The number of aromatic nitrogens is 1. The summed E-state index contributed by atoms with van der Waals surface area (Å²) in [6, 6.07) is 9.02. The third-order valence-corrected chi connectivity index (χ3v) is 3.16. The van der Waals surface area contributed by atoms with Gasteiger partial charge in [0, 0.05) is 11.4 Å². The summed E-state index contributed by atoms with van der Waals surface area (Å²) in [5, 5.41) is 13.9. The van der Waals surface area contributed by atoms with Crippen LogP contribution in [0.15, 0.2) is 35.7 Å². The van der Waals surface area contributed by atoms with Gasteiger partial charge in [0.15, 0.2) is 5.69 Å². The van der Waals surface area contributed by atoms with Crippen molar-refractivity contribution in [2.75, 3.05) is 11.9 Å². The van der Waals surface area contributed by atoms with E-state index in [1.807, 2.05) is 11.4 Å². The van der Waals surface area contributed by atoms with Gasteiger partial charge in [-0.15, -0.1) is 11.3 Å². The molecule has 0 spiro atoms. The van der Waals surface area contributed by atoms with E-state index in [2.05, 4.69) is 16.4 Å². The molecule has 2 rings (SSSR count). The summed E-state index contributed by atoms with van der Waals surface area (Å²) in [5.41, 5.74) is 0.0612. The van der Waals surface area contributed by atoms with Gasteiger partial charge in [-0.1, -0.05) is 12.1 Å². The van der Waals surface area contributed by atoms with Crippen molar-refractivity contribution in [3.8, 4) is 0 Å². The number of hydrogen-bond acceptors (Lipinski definition) is 4. The van der Waals surface area contributed by atoms with Crippen molar-refractivity contribution in [3.05, 3.63) is 46.3 Å². The third-order valence-electron chi connectivity index (χ3n) is 2.23. The lowest BCUT2D eigenvalue weighted by Crippen LogP contribution is -2.08. The molecule has 0 bridgehead atoms. The van der Waals surface area contributed by atoms with Gasteiger partial charge in [-0.3, -0.25) is 0 Å². The Kier molecular flexibility index (Phi) is 3.72. The fraction of sp³-hybridized carbons (Fsp3) is 0.167. The zero-order valence-electron chi connectivity index (χ0n) is 9.09. The number of nitrogens with zero attached hydrogens (tertiary/aromatic N) is 1. The van der Waals surface area contributed by atoms with Crippen LogP contribution in [0, 0.1) is 0 Å². The molecular weight excluding hydrogens is 236 g/mol. The van der Waals surface area contributed by atoms with E-state index in [1.54, 1.807) is 23.5 Å². The number of anilines is 1. The van der Waals surface area contributed by atoms with Gasteiger partial charge >= 0.3 is 5.97 Å². The predicted octanol–water partition coefficient (Wildman–Crippen LogP) is 2.50. The molecule has 2 heterocycles. The topological polar surface area (TPSA) is 62.2 Å². The normalized spacial score (nSPS) is 10.1. The van der Waals surface area contributed by atoms with E-state index < -0.39 is 5.97 Å². The summed E-state index contributed by atoms with van der Waals surface area (Å²) in [5.74, 6) is -0.409. The number of nitrogens with one attached hydrogen (secondary N) is 1. The molecule has 0 unspecified atom stereocenters. The Balaban J connectivity index is 1.90. The highest BCUT2D eigenvalue weighted by Crippen LogP contribution is 2.10. The monoisotopic (exact) mass is 248 g/mol. The van der Waals surface area contributed by atoms with E-state index in [4.69, 9.17) is 5.11 Å². The molecule has 0 aliphatic heterocycles. The molecule has 4 nitrogen and oxygen atoms in total. The number of carboxylic acids is 1. The van der Waals surface area contributed by atoms with E-state index in [1.165, 1.54) is 10.9 Å². The summed E-state index contributed by atoms with van der Waals surface area (Å²) in [6.07, 6.45) is 0.913. The van der Waals surface area contributed by atoms with Crippen LogP contribution in [-0.2, 0) is 6.42 Å². The lowest BCUT2D eigenvalue weighted by Gasteiger charge is -2.04. The minimum Gasteiger partial charge on any atom is -0.477 e. The molecule has 0 aliphatic rings. The van der Waals surface area contributed by atoms with Gasteiger partial charge in [0.05, 0.1) is 0 Å². The molecule has 0 radical (unpaired) electrons. The molecule has 0 fully saturated rings. The molecule has 2 N–H and O–H groups in total. The molecule has 17 heavy (non-hydrogen) atoms. The third kappa shape index (κ3) is 3.29. The first-order valence-electron chi connectivity index (χ1n) is 5.22. The van der Waals surface area contributed by atoms with E-state index in [0.29, 0.717) is 5.82 Å². The number of pyridine rings is 1. The van der Waals surface area contributed by atoms with Gasteiger partial charge in [0.2, 0.25) is 0 Å². The van der Waals surface area contributed by atoms with Gasteiger partial charge in [-0.05, 0) is 30.0 Å². The molecular formula is C12H12N2O2S. The quantitative estimate of drug-likeness (QED) is 0.853. The van der Waals surface area contributed by atoms with Crippen LogP contribution in [0.2, 0.25) is 0 Å². The molecule has 2 aromatic rings. The number of carbonyl (C=O) groups is 1. The Hall–Kier alpha value is -1.88. The van der Waals surface area contributed by atoms with Crippen molar-refractivity contribution in [1.82, 2.24) is 4.98 Å². The number of rotatable bonds is 5. The van der Waals surface area contributed by atoms with Crippen LogP contribution in [0.3, 0.4) is 0 Å². The zero-order valence-corrected chi connectivity index (χ0v) is 9.91. The molecule has 0 amide bonds. The average molecular weight is 248 g/mol.